The van der Waals surface area contributed by atoms with Gasteiger partial charge in [0.15, 0.2) is 0 Å². The molecule has 90 valence electrons. The Labute approximate surface area is 104 Å². The van der Waals surface area contributed by atoms with Crippen LogP contribution in [0.1, 0.15) is 32.3 Å². The fourth-order valence-electron chi connectivity index (χ4n) is 1.59. The Morgan fingerprint density at radius 2 is 1.94 bits per heavy atom. The van der Waals surface area contributed by atoms with E-state index in [0.29, 0.717) is 5.88 Å². The minimum atomic E-state index is 0.0955. The van der Waals surface area contributed by atoms with E-state index in [1.165, 1.54) is 5.56 Å². The zero-order valence-corrected chi connectivity index (χ0v) is 11.1. The molecule has 0 aromatic heterocycles. The molecule has 1 N–H and O–H groups in total. The van der Waals surface area contributed by atoms with E-state index in [1.807, 2.05) is 0 Å². The monoisotopic (exact) mass is 239 g/mol. The zero-order chi connectivity index (χ0) is 11.9. The fraction of sp³-hybridized carbons (Fsp3) is 0.571. The van der Waals surface area contributed by atoms with Crippen molar-refractivity contribution >= 4 is 11.6 Å². The number of aryl methyl sites for hydroxylation is 1. The summed E-state index contributed by atoms with van der Waals surface area (Å²) < 4.78 is 0. The van der Waals surface area contributed by atoms with Gasteiger partial charge in [0.25, 0.3) is 0 Å². The summed E-state index contributed by atoms with van der Waals surface area (Å²) in [4.78, 5) is 0. The summed E-state index contributed by atoms with van der Waals surface area (Å²) in [6.45, 7) is 5.39. The van der Waals surface area contributed by atoms with Gasteiger partial charge < -0.3 is 5.32 Å². The van der Waals surface area contributed by atoms with E-state index in [4.69, 9.17) is 11.6 Å². The van der Waals surface area contributed by atoms with Gasteiger partial charge in [0.1, 0.15) is 0 Å². The van der Waals surface area contributed by atoms with E-state index < -0.39 is 0 Å². The van der Waals surface area contributed by atoms with Crippen LogP contribution in [0.4, 0.5) is 0 Å². The van der Waals surface area contributed by atoms with Crippen LogP contribution in [0.2, 0.25) is 0 Å². The summed E-state index contributed by atoms with van der Waals surface area (Å²) in [5.41, 5.74) is 1.51. The lowest BCUT2D eigenvalue weighted by molar-refractivity contribution is 0.379. The summed E-state index contributed by atoms with van der Waals surface area (Å²) in [6, 6.07) is 10.6. The van der Waals surface area contributed by atoms with Gasteiger partial charge in [0, 0.05) is 11.4 Å². The van der Waals surface area contributed by atoms with Crippen LogP contribution >= 0.6 is 11.6 Å². The standard InChI is InChI=1S/C14H22ClN/c1-3-14(2,12-15)16-11-7-10-13-8-5-4-6-9-13/h4-6,8-9,16H,3,7,10-12H2,1-2H3. The summed E-state index contributed by atoms with van der Waals surface area (Å²) in [5.74, 6) is 0.675. The predicted octanol–water partition coefficient (Wildman–Crippen LogP) is 3.62. The Morgan fingerprint density at radius 1 is 1.25 bits per heavy atom. The molecule has 0 aliphatic rings. The average molecular weight is 240 g/mol. The maximum absolute atomic E-state index is 5.94. The molecule has 0 amide bonds. The van der Waals surface area contributed by atoms with E-state index in [1.54, 1.807) is 0 Å². The van der Waals surface area contributed by atoms with Crippen molar-refractivity contribution in [2.45, 2.75) is 38.6 Å². The van der Waals surface area contributed by atoms with Gasteiger partial charge in [0.2, 0.25) is 0 Å². The summed E-state index contributed by atoms with van der Waals surface area (Å²) >= 11 is 5.94. The van der Waals surface area contributed by atoms with Crippen molar-refractivity contribution < 1.29 is 0 Å². The number of hydrogen-bond donors (Lipinski definition) is 1. The summed E-state index contributed by atoms with van der Waals surface area (Å²) in [6.07, 6.45) is 3.37. The van der Waals surface area contributed by atoms with Crippen LogP contribution < -0.4 is 5.32 Å². The van der Waals surface area contributed by atoms with Gasteiger partial charge in [-0.2, -0.15) is 0 Å². The third-order valence-electron chi connectivity index (χ3n) is 3.11. The number of alkyl halides is 1. The van der Waals surface area contributed by atoms with Gasteiger partial charge in [0.05, 0.1) is 0 Å². The molecule has 1 nitrogen and oxygen atoms in total. The van der Waals surface area contributed by atoms with Gasteiger partial charge >= 0.3 is 0 Å². The van der Waals surface area contributed by atoms with Gasteiger partial charge in [-0.05, 0) is 38.3 Å². The maximum atomic E-state index is 5.94. The van der Waals surface area contributed by atoms with Crippen LogP contribution in [-0.4, -0.2) is 18.0 Å². The molecule has 0 aliphatic carbocycles. The minimum absolute atomic E-state index is 0.0955. The Hall–Kier alpha value is -0.530. The van der Waals surface area contributed by atoms with E-state index in [-0.39, 0.29) is 5.54 Å². The lowest BCUT2D eigenvalue weighted by Crippen LogP contribution is -2.44. The van der Waals surface area contributed by atoms with Gasteiger partial charge in [-0.3, -0.25) is 0 Å². The second-order valence-electron chi connectivity index (χ2n) is 4.56. The van der Waals surface area contributed by atoms with Gasteiger partial charge in [-0.1, -0.05) is 37.3 Å². The minimum Gasteiger partial charge on any atom is -0.310 e. The van der Waals surface area contributed by atoms with E-state index in [2.05, 4.69) is 49.5 Å². The van der Waals surface area contributed by atoms with Crippen LogP contribution in [0, 0.1) is 0 Å². The van der Waals surface area contributed by atoms with Gasteiger partial charge in [-0.15, -0.1) is 11.6 Å². The second kappa shape index (κ2) is 6.93. The van der Waals surface area contributed by atoms with E-state index in [9.17, 15) is 0 Å². The number of hydrogen-bond acceptors (Lipinski definition) is 1. The number of halogens is 1. The Morgan fingerprint density at radius 3 is 2.50 bits per heavy atom. The van der Waals surface area contributed by atoms with Gasteiger partial charge in [-0.25, -0.2) is 0 Å². The molecule has 2 heteroatoms. The summed E-state index contributed by atoms with van der Waals surface area (Å²) in [7, 11) is 0. The number of rotatable bonds is 7. The topological polar surface area (TPSA) is 12.0 Å². The first-order valence-electron chi connectivity index (χ1n) is 6.05. The highest BCUT2D eigenvalue weighted by Crippen LogP contribution is 2.11. The lowest BCUT2D eigenvalue weighted by atomic mass is 10.0. The molecule has 0 saturated heterocycles. The zero-order valence-electron chi connectivity index (χ0n) is 10.3. The summed E-state index contributed by atoms with van der Waals surface area (Å²) in [5, 5.41) is 3.53. The molecule has 0 spiro atoms. The normalized spacial score (nSPS) is 14.7. The van der Waals surface area contributed by atoms with Crippen molar-refractivity contribution in [1.29, 1.82) is 0 Å². The third kappa shape index (κ3) is 4.54. The Kier molecular flexibility index (Phi) is 5.86. The molecule has 1 aromatic rings. The van der Waals surface area contributed by atoms with Crippen molar-refractivity contribution in [3.05, 3.63) is 35.9 Å². The fourth-order valence-corrected chi connectivity index (χ4v) is 1.88. The predicted molar refractivity (Wildman–Crippen MR) is 72.2 cm³/mol. The molecule has 0 radical (unpaired) electrons. The molecular formula is C14H22ClN. The molecule has 0 bridgehead atoms. The molecule has 0 fully saturated rings. The largest absolute Gasteiger partial charge is 0.310 e. The van der Waals surface area contributed by atoms with Crippen molar-refractivity contribution in [2.24, 2.45) is 0 Å². The highest BCUT2D eigenvalue weighted by molar-refractivity contribution is 6.18. The molecule has 0 saturated carbocycles. The van der Waals surface area contributed by atoms with Crippen LogP contribution in [-0.2, 0) is 6.42 Å². The Bertz CT molecular complexity index is 280. The van der Waals surface area contributed by atoms with Crippen LogP contribution in [0.25, 0.3) is 0 Å². The SMILES string of the molecule is CCC(C)(CCl)NCCCc1ccccc1. The van der Waals surface area contributed by atoms with E-state index >= 15 is 0 Å². The van der Waals surface area contributed by atoms with Crippen molar-refractivity contribution in [1.82, 2.24) is 5.32 Å². The van der Waals surface area contributed by atoms with Crippen molar-refractivity contribution in [3.63, 3.8) is 0 Å². The molecular weight excluding hydrogens is 218 g/mol. The molecule has 1 unspecified atom stereocenters. The lowest BCUT2D eigenvalue weighted by Gasteiger charge is -2.27. The smallest absolute Gasteiger partial charge is 0.0403 e. The van der Waals surface area contributed by atoms with Crippen molar-refractivity contribution in [3.8, 4) is 0 Å². The number of nitrogens with one attached hydrogen (secondary N) is 1. The Balaban J connectivity index is 2.22. The molecule has 1 atom stereocenters. The highest BCUT2D eigenvalue weighted by atomic mass is 35.5. The first kappa shape index (κ1) is 13.5. The molecule has 1 aromatic carbocycles. The number of benzene rings is 1. The quantitative estimate of drug-likeness (QED) is 0.566. The second-order valence-corrected chi connectivity index (χ2v) is 4.83. The van der Waals surface area contributed by atoms with Crippen LogP contribution in [0.5, 0.6) is 0 Å². The highest BCUT2D eigenvalue weighted by Gasteiger charge is 2.18. The van der Waals surface area contributed by atoms with Crippen LogP contribution in [0.15, 0.2) is 30.3 Å². The molecule has 0 aliphatic heterocycles. The average Bonchev–Trinajstić information content (AvgIpc) is 2.36. The first-order chi connectivity index (χ1) is 7.70. The molecule has 1 rings (SSSR count). The first-order valence-corrected chi connectivity index (χ1v) is 6.58. The van der Waals surface area contributed by atoms with Crippen molar-refractivity contribution in [2.75, 3.05) is 12.4 Å². The van der Waals surface area contributed by atoms with E-state index in [0.717, 1.165) is 25.8 Å². The molecule has 0 heterocycles. The molecule has 16 heavy (non-hydrogen) atoms. The maximum Gasteiger partial charge on any atom is 0.0403 e. The third-order valence-corrected chi connectivity index (χ3v) is 3.70. The van der Waals surface area contributed by atoms with Crippen LogP contribution in [0.3, 0.4) is 0 Å².